The molecular weight excluding hydrogens is 296 g/mol. The highest BCUT2D eigenvalue weighted by molar-refractivity contribution is 5.92. The van der Waals surface area contributed by atoms with Crippen LogP contribution in [-0.2, 0) is 4.79 Å². The van der Waals surface area contributed by atoms with E-state index in [0.717, 1.165) is 16.8 Å². The van der Waals surface area contributed by atoms with Gasteiger partial charge >= 0.3 is 5.97 Å². The Balaban J connectivity index is 2.00. The van der Waals surface area contributed by atoms with Gasteiger partial charge in [-0.15, -0.1) is 0 Å². The van der Waals surface area contributed by atoms with Crippen LogP contribution in [0.3, 0.4) is 0 Å². The predicted molar refractivity (Wildman–Crippen MR) is 85.0 cm³/mol. The number of nitrogens with one attached hydrogen (secondary N) is 1. The summed E-state index contributed by atoms with van der Waals surface area (Å²) >= 11 is 0. The molecule has 2 N–H and O–H groups in total. The van der Waals surface area contributed by atoms with E-state index in [1.54, 1.807) is 25.1 Å². The third-order valence-electron chi connectivity index (χ3n) is 3.47. The maximum absolute atomic E-state index is 12.0. The molecule has 6 nitrogen and oxygen atoms in total. The number of benzene rings is 1. The number of amides is 1. The Labute approximate surface area is 133 Å². The fourth-order valence-corrected chi connectivity index (χ4v) is 2.35. The largest absolute Gasteiger partial charge is 0.478 e. The molecule has 0 fully saturated rings. The molecule has 23 heavy (non-hydrogen) atoms. The summed E-state index contributed by atoms with van der Waals surface area (Å²) in [5.41, 5.74) is 2.58. The Kier molecular flexibility index (Phi) is 4.95. The van der Waals surface area contributed by atoms with Gasteiger partial charge in [-0.3, -0.25) is 4.79 Å². The number of carbonyl (C=O) groups is 2. The molecule has 1 aromatic carbocycles. The smallest absolute Gasteiger partial charge is 0.335 e. The lowest BCUT2D eigenvalue weighted by atomic mass is 10.1. The molecule has 0 aliphatic rings. The van der Waals surface area contributed by atoms with Crippen molar-refractivity contribution in [1.29, 1.82) is 0 Å². The molecule has 1 amide bonds. The topological polar surface area (TPSA) is 92.4 Å². The first-order chi connectivity index (χ1) is 10.9. The Morgan fingerprint density at radius 3 is 2.43 bits per heavy atom. The molecule has 0 saturated heterocycles. The van der Waals surface area contributed by atoms with Gasteiger partial charge in [0.2, 0.25) is 5.91 Å². The normalized spacial score (nSPS) is 12.3. The van der Waals surface area contributed by atoms with Crippen molar-refractivity contribution >= 4 is 18.0 Å². The number of carbonyl (C=O) groups excluding carboxylic acids is 1. The van der Waals surface area contributed by atoms with Crippen molar-refractivity contribution in [3.05, 3.63) is 58.5 Å². The second-order valence-electron chi connectivity index (χ2n) is 5.23. The number of aromatic carboxylic acids is 1. The van der Waals surface area contributed by atoms with Gasteiger partial charge in [0, 0.05) is 11.6 Å². The number of carboxylic acids is 1. The van der Waals surface area contributed by atoms with Crippen LogP contribution in [0.25, 0.3) is 6.08 Å². The summed E-state index contributed by atoms with van der Waals surface area (Å²) in [4.78, 5) is 22.7. The van der Waals surface area contributed by atoms with Crippen LogP contribution >= 0.6 is 0 Å². The molecule has 0 aliphatic carbocycles. The van der Waals surface area contributed by atoms with E-state index in [1.807, 2.05) is 13.8 Å². The Hall–Kier alpha value is -2.89. The zero-order valence-electron chi connectivity index (χ0n) is 13.2. The maximum atomic E-state index is 12.0. The molecule has 1 aromatic heterocycles. The van der Waals surface area contributed by atoms with Gasteiger partial charge in [-0.1, -0.05) is 17.3 Å². The van der Waals surface area contributed by atoms with Crippen molar-refractivity contribution in [3.63, 3.8) is 0 Å². The van der Waals surface area contributed by atoms with E-state index in [4.69, 9.17) is 9.63 Å². The maximum Gasteiger partial charge on any atom is 0.335 e. The van der Waals surface area contributed by atoms with Crippen LogP contribution in [0.2, 0.25) is 0 Å². The van der Waals surface area contributed by atoms with Crippen LogP contribution in [0, 0.1) is 13.8 Å². The van der Waals surface area contributed by atoms with Gasteiger partial charge in [-0.25, -0.2) is 4.79 Å². The molecule has 2 aromatic rings. The fraction of sp³-hybridized carbons (Fsp3) is 0.235. The molecule has 0 aliphatic heterocycles. The molecule has 0 saturated carbocycles. The minimum absolute atomic E-state index is 0.207. The summed E-state index contributed by atoms with van der Waals surface area (Å²) in [5.74, 6) is -0.546. The van der Waals surface area contributed by atoms with E-state index in [9.17, 15) is 9.59 Å². The van der Waals surface area contributed by atoms with Crippen LogP contribution in [0.1, 0.15) is 45.9 Å². The van der Waals surface area contributed by atoms with Gasteiger partial charge < -0.3 is 14.9 Å². The molecule has 1 heterocycles. The number of hydrogen-bond acceptors (Lipinski definition) is 4. The van der Waals surface area contributed by atoms with E-state index >= 15 is 0 Å². The number of nitrogens with zero attached hydrogens (tertiary/aromatic N) is 1. The summed E-state index contributed by atoms with van der Waals surface area (Å²) in [6.45, 7) is 5.49. The summed E-state index contributed by atoms with van der Waals surface area (Å²) < 4.78 is 5.09. The molecule has 1 atom stereocenters. The first-order valence-corrected chi connectivity index (χ1v) is 7.13. The predicted octanol–water partition coefficient (Wildman–Crippen LogP) is 2.88. The lowest BCUT2D eigenvalue weighted by Gasteiger charge is -2.11. The van der Waals surface area contributed by atoms with E-state index in [0.29, 0.717) is 5.76 Å². The van der Waals surface area contributed by atoms with Crippen molar-refractivity contribution in [2.75, 3.05) is 0 Å². The van der Waals surface area contributed by atoms with Crippen LogP contribution in [-0.4, -0.2) is 22.1 Å². The van der Waals surface area contributed by atoms with E-state index in [2.05, 4.69) is 10.5 Å². The highest BCUT2D eigenvalue weighted by Gasteiger charge is 2.17. The van der Waals surface area contributed by atoms with Gasteiger partial charge in [-0.05, 0) is 44.5 Å². The molecule has 6 heteroatoms. The van der Waals surface area contributed by atoms with Crippen LogP contribution in [0.5, 0.6) is 0 Å². The minimum atomic E-state index is -0.980. The second kappa shape index (κ2) is 6.91. The summed E-state index contributed by atoms with van der Waals surface area (Å²) in [7, 11) is 0. The van der Waals surface area contributed by atoms with Crippen LogP contribution in [0.15, 0.2) is 34.9 Å². The number of aryl methyl sites for hydroxylation is 2. The lowest BCUT2D eigenvalue weighted by molar-refractivity contribution is -0.117. The van der Waals surface area contributed by atoms with Crippen molar-refractivity contribution in [2.24, 2.45) is 0 Å². The van der Waals surface area contributed by atoms with Gasteiger partial charge in [0.15, 0.2) is 0 Å². The zero-order chi connectivity index (χ0) is 17.0. The van der Waals surface area contributed by atoms with Gasteiger partial charge in [0.05, 0.1) is 17.3 Å². The molecule has 0 radical (unpaired) electrons. The Bertz CT molecular complexity index is 725. The zero-order valence-corrected chi connectivity index (χ0v) is 13.2. The molecule has 2 rings (SSSR count). The Morgan fingerprint density at radius 2 is 1.91 bits per heavy atom. The standard InChI is InChI=1S/C17H18N2O4/c1-10(16-11(2)19-23-12(16)3)18-15(20)9-6-13-4-7-14(8-5-13)17(21)22/h4-10H,1-3H3,(H,18,20)(H,21,22). The Morgan fingerprint density at radius 1 is 1.26 bits per heavy atom. The summed E-state index contributed by atoms with van der Waals surface area (Å²) in [6, 6.07) is 6.06. The molecule has 1 unspecified atom stereocenters. The highest BCUT2D eigenvalue weighted by Crippen LogP contribution is 2.20. The SMILES string of the molecule is Cc1noc(C)c1C(C)NC(=O)C=Cc1ccc(C(=O)O)cc1. The number of hydrogen-bond donors (Lipinski definition) is 2. The quantitative estimate of drug-likeness (QED) is 0.828. The van der Waals surface area contributed by atoms with Crippen molar-refractivity contribution in [1.82, 2.24) is 10.5 Å². The van der Waals surface area contributed by atoms with Gasteiger partial charge in [0.1, 0.15) is 5.76 Å². The molecular formula is C17H18N2O4. The average molecular weight is 314 g/mol. The lowest BCUT2D eigenvalue weighted by Crippen LogP contribution is -2.25. The van der Waals surface area contributed by atoms with Gasteiger partial charge in [0.25, 0.3) is 0 Å². The van der Waals surface area contributed by atoms with Gasteiger partial charge in [-0.2, -0.15) is 0 Å². The second-order valence-corrected chi connectivity index (χ2v) is 5.23. The average Bonchev–Trinajstić information content (AvgIpc) is 2.84. The fourth-order valence-electron chi connectivity index (χ4n) is 2.35. The first-order valence-electron chi connectivity index (χ1n) is 7.13. The monoisotopic (exact) mass is 314 g/mol. The van der Waals surface area contributed by atoms with Crippen molar-refractivity contribution in [3.8, 4) is 0 Å². The minimum Gasteiger partial charge on any atom is -0.478 e. The third-order valence-corrected chi connectivity index (χ3v) is 3.47. The summed E-state index contributed by atoms with van der Waals surface area (Å²) in [6.07, 6.45) is 3.03. The first kappa shape index (κ1) is 16.5. The number of rotatable bonds is 5. The van der Waals surface area contributed by atoms with Crippen molar-refractivity contribution < 1.29 is 19.2 Å². The summed E-state index contributed by atoms with van der Waals surface area (Å²) in [5, 5.41) is 15.5. The molecule has 0 spiro atoms. The van der Waals surface area contributed by atoms with E-state index in [-0.39, 0.29) is 17.5 Å². The number of aromatic nitrogens is 1. The molecule has 120 valence electrons. The van der Waals surface area contributed by atoms with E-state index in [1.165, 1.54) is 18.2 Å². The van der Waals surface area contributed by atoms with Crippen LogP contribution < -0.4 is 5.32 Å². The highest BCUT2D eigenvalue weighted by atomic mass is 16.5. The molecule has 0 bridgehead atoms. The van der Waals surface area contributed by atoms with E-state index < -0.39 is 5.97 Å². The number of carboxylic acid groups (broad SMARTS) is 1. The van der Waals surface area contributed by atoms with Crippen LogP contribution in [0.4, 0.5) is 0 Å². The third kappa shape index (κ3) is 4.06. The van der Waals surface area contributed by atoms with Crippen molar-refractivity contribution in [2.45, 2.75) is 26.8 Å².